The summed E-state index contributed by atoms with van der Waals surface area (Å²) in [4.78, 5) is 24.1. The van der Waals surface area contributed by atoms with Crippen molar-refractivity contribution in [2.45, 2.75) is 25.4 Å². The molecule has 6 nitrogen and oxygen atoms in total. The van der Waals surface area contributed by atoms with Gasteiger partial charge in [0.2, 0.25) is 0 Å². The molecule has 2 heterocycles. The monoisotopic (exact) mass is 298 g/mol. The normalized spacial score (nSPS) is 23.2. The van der Waals surface area contributed by atoms with E-state index in [-0.39, 0.29) is 25.3 Å². The van der Waals surface area contributed by atoms with E-state index in [9.17, 15) is 9.59 Å². The van der Waals surface area contributed by atoms with Gasteiger partial charge in [0.15, 0.2) is 0 Å². The van der Waals surface area contributed by atoms with Crippen LogP contribution in [0.2, 0.25) is 0 Å². The lowest BCUT2D eigenvalue weighted by molar-refractivity contribution is -0.142. The summed E-state index contributed by atoms with van der Waals surface area (Å²) in [5, 5.41) is 16.5. The molecule has 1 aliphatic rings. The standard InChI is InChI=1S/C13H18N2O4S/c1-2-9(11-4-3-5-20-11)14-13(18)15-10-7-19-6-8(10)12(16)17/h3-5,8-10H,2,6-7H2,1H3,(H,16,17)(H2,14,15,18). The van der Waals surface area contributed by atoms with Crippen molar-refractivity contribution in [1.29, 1.82) is 0 Å². The number of nitrogens with one attached hydrogen (secondary N) is 2. The highest BCUT2D eigenvalue weighted by Crippen LogP contribution is 2.21. The van der Waals surface area contributed by atoms with E-state index in [4.69, 9.17) is 9.84 Å². The first-order valence-electron chi connectivity index (χ1n) is 6.52. The lowest BCUT2D eigenvalue weighted by atomic mass is 10.0. The molecule has 0 radical (unpaired) electrons. The molecular formula is C13H18N2O4S. The van der Waals surface area contributed by atoms with Gasteiger partial charge in [0.25, 0.3) is 0 Å². The number of carboxylic acids is 1. The molecule has 0 saturated carbocycles. The van der Waals surface area contributed by atoms with E-state index >= 15 is 0 Å². The van der Waals surface area contributed by atoms with Crippen LogP contribution in [0.4, 0.5) is 4.79 Å². The first kappa shape index (κ1) is 14.8. The molecule has 1 saturated heterocycles. The summed E-state index contributed by atoms with van der Waals surface area (Å²) in [6.45, 7) is 2.37. The molecular weight excluding hydrogens is 280 g/mol. The van der Waals surface area contributed by atoms with Crippen molar-refractivity contribution in [1.82, 2.24) is 10.6 Å². The minimum absolute atomic E-state index is 0.0550. The Hall–Kier alpha value is -1.60. The number of carbonyl (C=O) groups is 2. The molecule has 0 aromatic carbocycles. The van der Waals surface area contributed by atoms with Crippen molar-refractivity contribution in [2.75, 3.05) is 13.2 Å². The first-order chi connectivity index (χ1) is 9.61. The zero-order chi connectivity index (χ0) is 14.5. The zero-order valence-electron chi connectivity index (χ0n) is 11.2. The Morgan fingerprint density at radius 3 is 2.95 bits per heavy atom. The van der Waals surface area contributed by atoms with Crippen LogP contribution in [0, 0.1) is 5.92 Å². The fraction of sp³-hybridized carbons (Fsp3) is 0.538. The number of carboxylic acid groups (broad SMARTS) is 1. The fourth-order valence-electron chi connectivity index (χ4n) is 2.17. The zero-order valence-corrected chi connectivity index (χ0v) is 12.0. The number of aliphatic carboxylic acids is 1. The van der Waals surface area contributed by atoms with Crippen LogP contribution in [0.15, 0.2) is 17.5 Å². The molecule has 7 heteroatoms. The maximum atomic E-state index is 12.0. The van der Waals surface area contributed by atoms with Gasteiger partial charge in [-0.15, -0.1) is 11.3 Å². The molecule has 2 rings (SSSR count). The highest BCUT2D eigenvalue weighted by atomic mass is 32.1. The van der Waals surface area contributed by atoms with Crippen LogP contribution in [0.1, 0.15) is 24.3 Å². The average Bonchev–Trinajstić information content (AvgIpc) is 3.06. The molecule has 20 heavy (non-hydrogen) atoms. The molecule has 3 unspecified atom stereocenters. The summed E-state index contributed by atoms with van der Waals surface area (Å²) in [6.07, 6.45) is 0.775. The summed E-state index contributed by atoms with van der Waals surface area (Å²) in [6, 6.07) is 3.02. The molecule has 1 aromatic heterocycles. The third kappa shape index (κ3) is 3.49. The lowest BCUT2D eigenvalue weighted by Gasteiger charge is -2.20. The van der Waals surface area contributed by atoms with Crippen molar-refractivity contribution in [3.05, 3.63) is 22.4 Å². The summed E-state index contributed by atoms with van der Waals surface area (Å²) >= 11 is 1.58. The van der Waals surface area contributed by atoms with Gasteiger partial charge in [0.1, 0.15) is 5.92 Å². The smallest absolute Gasteiger partial charge is 0.315 e. The molecule has 2 amide bonds. The Morgan fingerprint density at radius 1 is 1.55 bits per heavy atom. The maximum Gasteiger partial charge on any atom is 0.315 e. The van der Waals surface area contributed by atoms with Crippen LogP contribution in [0.25, 0.3) is 0 Å². The van der Waals surface area contributed by atoms with Crippen molar-refractivity contribution < 1.29 is 19.4 Å². The third-order valence-corrected chi connectivity index (χ3v) is 4.30. The first-order valence-corrected chi connectivity index (χ1v) is 7.40. The van der Waals surface area contributed by atoms with Crippen LogP contribution in [0.3, 0.4) is 0 Å². The summed E-state index contributed by atoms with van der Waals surface area (Å²) in [7, 11) is 0. The SMILES string of the molecule is CCC(NC(=O)NC1COCC1C(=O)O)c1cccs1. The third-order valence-electron chi connectivity index (χ3n) is 3.31. The summed E-state index contributed by atoms with van der Waals surface area (Å²) in [5.74, 6) is -1.62. The van der Waals surface area contributed by atoms with Crippen LogP contribution >= 0.6 is 11.3 Å². The van der Waals surface area contributed by atoms with Crippen LogP contribution in [-0.4, -0.2) is 36.4 Å². The summed E-state index contributed by atoms with van der Waals surface area (Å²) < 4.78 is 5.11. The fourth-order valence-corrected chi connectivity index (χ4v) is 3.03. The number of hydrogen-bond donors (Lipinski definition) is 3. The number of hydrogen-bond acceptors (Lipinski definition) is 4. The highest BCUT2D eigenvalue weighted by Gasteiger charge is 2.35. The van der Waals surface area contributed by atoms with Gasteiger partial charge in [-0.05, 0) is 17.9 Å². The molecule has 0 spiro atoms. The lowest BCUT2D eigenvalue weighted by Crippen LogP contribution is -2.47. The van der Waals surface area contributed by atoms with Gasteiger partial charge in [0.05, 0.1) is 25.3 Å². The number of urea groups is 1. The Morgan fingerprint density at radius 2 is 2.35 bits per heavy atom. The van der Waals surface area contributed by atoms with Gasteiger partial charge in [0, 0.05) is 4.88 Å². The second kappa shape index (κ2) is 6.71. The van der Waals surface area contributed by atoms with E-state index in [2.05, 4.69) is 10.6 Å². The number of rotatable bonds is 5. The predicted molar refractivity (Wildman–Crippen MR) is 74.8 cm³/mol. The van der Waals surface area contributed by atoms with Crippen molar-refractivity contribution >= 4 is 23.3 Å². The number of thiophene rings is 1. The molecule has 3 N–H and O–H groups in total. The van der Waals surface area contributed by atoms with E-state index in [0.717, 1.165) is 11.3 Å². The Kier molecular flexibility index (Phi) is 4.97. The van der Waals surface area contributed by atoms with Crippen molar-refractivity contribution in [3.8, 4) is 0 Å². The molecule has 0 bridgehead atoms. The maximum absolute atomic E-state index is 12.0. The van der Waals surface area contributed by atoms with E-state index in [1.807, 2.05) is 24.4 Å². The van der Waals surface area contributed by atoms with E-state index in [0.29, 0.717) is 0 Å². The van der Waals surface area contributed by atoms with Gasteiger partial charge in [-0.25, -0.2) is 4.79 Å². The highest BCUT2D eigenvalue weighted by molar-refractivity contribution is 7.10. The second-order valence-corrected chi connectivity index (χ2v) is 5.66. The van der Waals surface area contributed by atoms with Gasteiger partial charge in [-0.2, -0.15) is 0 Å². The number of ether oxygens (including phenoxy) is 1. The van der Waals surface area contributed by atoms with Crippen LogP contribution in [0.5, 0.6) is 0 Å². The number of amides is 2. The topological polar surface area (TPSA) is 87.7 Å². The number of carbonyl (C=O) groups excluding carboxylic acids is 1. The van der Waals surface area contributed by atoms with Gasteiger partial charge in [-0.1, -0.05) is 13.0 Å². The molecule has 1 aliphatic heterocycles. The Labute approximate surface area is 121 Å². The Bertz CT molecular complexity index is 463. The minimum Gasteiger partial charge on any atom is -0.481 e. The summed E-state index contributed by atoms with van der Waals surface area (Å²) in [5.41, 5.74) is 0. The molecule has 110 valence electrons. The van der Waals surface area contributed by atoms with E-state index < -0.39 is 17.9 Å². The van der Waals surface area contributed by atoms with Gasteiger partial charge < -0.3 is 20.5 Å². The molecule has 1 fully saturated rings. The largest absolute Gasteiger partial charge is 0.481 e. The molecule has 0 aliphatic carbocycles. The van der Waals surface area contributed by atoms with Crippen molar-refractivity contribution in [2.24, 2.45) is 5.92 Å². The van der Waals surface area contributed by atoms with Gasteiger partial charge in [-0.3, -0.25) is 4.79 Å². The Balaban J connectivity index is 1.90. The van der Waals surface area contributed by atoms with Crippen LogP contribution < -0.4 is 10.6 Å². The molecule has 3 atom stereocenters. The van der Waals surface area contributed by atoms with Crippen molar-refractivity contribution in [3.63, 3.8) is 0 Å². The predicted octanol–water partition coefficient (Wildman–Crippen LogP) is 1.60. The van der Waals surface area contributed by atoms with E-state index in [1.54, 1.807) is 11.3 Å². The van der Waals surface area contributed by atoms with E-state index in [1.165, 1.54) is 0 Å². The van der Waals surface area contributed by atoms with Crippen LogP contribution in [-0.2, 0) is 9.53 Å². The average molecular weight is 298 g/mol. The molecule has 1 aromatic rings. The van der Waals surface area contributed by atoms with Gasteiger partial charge >= 0.3 is 12.0 Å². The second-order valence-electron chi connectivity index (χ2n) is 4.68. The minimum atomic E-state index is -0.946. The quantitative estimate of drug-likeness (QED) is 0.770.